The predicted molar refractivity (Wildman–Crippen MR) is 50.2 cm³/mol. The van der Waals surface area contributed by atoms with Crippen LogP contribution in [0.4, 0.5) is 0 Å². The Bertz CT molecular complexity index is 417. The third-order valence-corrected chi connectivity index (χ3v) is 1.59. The second kappa shape index (κ2) is 3.74. The average molecular weight is 188 g/mol. The first-order valence-electron chi connectivity index (χ1n) is 4.06. The molecule has 4 heteroatoms. The van der Waals surface area contributed by atoms with Gasteiger partial charge in [0, 0.05) is 6.07 Å². The molecule has 0 saturated carbocycles. The first-order valence-corrected chi connectivity index (χ1v) is 4.06. The van der Waals surface area contributed by atoms with E-state index in [0.717, 1.165) is 0 Å². The van der Waals surface area contributed by atoms with E-state index in [1.165, 1.54) is 12.4 Å². The molecule has 0 aliphatic rings. The Labute approximate surface area is 80.8 Å². The Hall–Kier alpha value is -2.10. The van der Waals surface area contributed by atoms with E-state index < -0.39 is 0 Å². The van der Waals surface area contributed by atoms with Gasteiger partial charge in [0.15, 0.2) is 5.75 Å². The zero-order chi connectivity index (χ0) is 9.80. The third kappa shape index (κ3) is 1.98. The minimum atomic E-state index is 0.166. The van der Waals surface area contributed by atoms with E-state index in [0.29, 0.717) is 11.5 Å². The second-order valence-corrected chi connectivity index (χ2v) is 2.67. The fourth-order valence-corrected chi connectivity index (χ4v) is 1.02. The lowest BCUT2D eigenvalue weighted by atomic mass is 10.3. The molecule has 4 nitrogen and oxygen atoms in total. The van der Waals surface area contributed by atoms with Crippen molar-refractivity contribution in [2.24, 2.45) is 0 Å². The van der Waals surface area contributed by atoms with Gasteiger partial charge in [-0.3, -0.25) is 0 Å². The monoisotopic (exact) mass is 188 g/mol. The molecule has 2 aromatic rings. The van der Waals surface area contributed by atoms with Crippen molar-refractivity contribution in [1.82, 2.24) is 9.97 Å². The van der Waals surface area contributed by atoms with Gasteiger partial charge in [-0.25, -0.2) is 9.97 Å². The maximum Gasteiger partial charge on any atom is 0.163 e. The molecule has 1 aromatic carbocycles. The van der Waals surface area contributed by atoms with Gasteiger partial charge in [0.05, 0.1) is 12.4 Å². The van der Waals surface area contributed by atoms with Gasteiger partial charge in [0.1, 0.15) is 17.8 Å². The van der Waals surface area contributed by atoms with Crippen LogP contribution in [0.3, 0.4) is 0 Å². The molecule has 1 heterocycles. The Kier molecular flexibility index (Phi) is 2.27. The average Bonchev–Trinajstić information content (AvgIpc) is 2.19. The summed E-state index contributed by atoms with van der Waals surface area (Å²) in [5, 5.41) is 9.18. The summed E-state index contributed by atoms with van der Waals surface area (Å²) in [7, 11) is 0. The fraction of sp³-hybridized carbons (Fsp3) is 0. The number of hydrogen-bond donors (Lipinski definition) is 1. The number of phenols is 1. The van der Waals surface area contributed by atoms with Gasteiger partial charge >= 0.3 is 0 Å². The molecule has 0 saturated heterocycles. The normalized spacial score (nSPS) is 9.71. The van der Waals surface area contributed by atoms with Crippen LogP contribution in [0.2, 0.25) is 0 Å². The summed E-state index contributed by atoms with van der Waals surface area (Å²) in [5.41, 5.74) is 0. The first-order chi connectivity index (χ1) is 6.84. The van der Waals surface area contributed by atoms with Crippen molar-refractivity contribution in [2.75, 3.05) is 0 Å². The molecule has 0 amide bonds. The summed E-state index contributed by atoms with van der Waals surface area (Å²) in [6, 6.07) is 6.54. The van der Waals surface area contributed by atoms with Crippen LogP contribution in [0.25, 0.3) is 0 Å². The van der Waals surface area contributed by atoms with Gasteiger partial charge in [0.25, 0.3) is 0 Å². The van der Waals surface area contributed by atoms with E-state index in [4.69, 9.17) is 4.74 Å². The number of rotatable bonds is 2. The number of phenolic OH excluding ortho intramolecular Hbond substituents is 1. The van der Waals surface area contributed by atoms with E-state index >= 15 is 0 Å². The molecule has 0 bridgehead atoms. The summed E-state index contributed by atoms with van der Waals surface area (Å²) >= 11 is 0. The van der Waals surface area contributed by atoms with E-state index in [9.17, 15) is 5.11 Å². The van der Waals surface area contributed by atoms with Crippen molar-refractivity contribution in [2.45, 2.75) is 0 Å². The molecule has 1 N–H and O–H groups in total. The molecule has 0 aliphatic carbocycles. The summed E-state index contributed by atoms with van der Waals surface area (Å²) in [4.78, 5) is 7.61. The highest BCUT2D eigenvalue weighted by Gasteiger charge is 1.97. The van der Waals surface area contributed by atoms with Gasteiger partial charge in [0.2, 0.25) is 0 Å². The Morgan fingerprint density at radius 2 is 1.86 bits per heavy atom. The molecule has 70 valence electrons. The van der Waals surface area contributed by atoms with Gasteiger partial charge in [-0.15, -0.1) is 0 Å². The lowest BCUT2D eigenvalue weighted by Gasteiger charge is -2.03. The van der Waals surface area contributed by atoms with Gasteiger partial charge in [-0.05, 0) is 12.1 Å². The highest BCUT2D eigenvalue weighted by Crippen LogP contribution is 2.22. The van der Waals surface area contributed by atoms with Gasteiger partial charge in [-0.2, -0.15) is 0 Å². The van der Waals surface area contributed by atoms with Crippen molar-refractivity contribution in [3.8, 4) is 17.2 Å². The Morgan fingerprint density at radius 3 is 2.57 bits per heavy atom. The topological polar surface area (TPSA) is 55.2 Å². The Balaban J connectivity index is 2.19. The van der Waals surface area contributed by atoms with Crippen LogP contribution < -0.4 is 4.74 Å². The molecule has 2 rings (SSSR count). The summed E-state index contributed by atoms with van der Waals surface area (Å²) in [6.45, 7) is 0. The van der Waals surface area contributed by atoms with E-state index in [1.807, 2.05) is 0 Å². The van der Waals surface area contributed by atoms with Crippen LogP contribution in [0.15, 0.2) is 43.0 Å². The Morgan fingerprint density at radius 1 is 1.07 bits per heavy atom. The van der Waals surface area contributed by atoms with Crippen molar-refractivity contribution >= 4 is 0 Å². The minimum Gasteiger partial charge on any atom is -0.508 e. The molecule has 0 radical (unpaired) electrons. The minimum absolute atomic E-state index is 0.166. The number of nitrogens with zero attached hydrogens (tertiary/aromatic N) is 2. The molecule has 14 heavy (non-hydrogen) atoms. The van der Waals surface area contributed by atoms with Crippen LogP contribution >= 0.6 is 0 Å². The molecule has 0 atom stereocenters. The van der Waals surface area contributed by atoms with Gasteiger partial charge < -0.3 is 9.84 Å². The number of hydrogen-bond acceptors (Lipinski definition) is 4. The predicted octanol–water partition coefficient (Wildman–Crippen LogP) is 1.97. The molecular formula is C10H8N2O2. The van der Waals surface area contributed by atoms with Crippen molar-refractivity contribution in [3.63, 3.8) is 0 Å². The molecule has 1 aromatic heterocycles. The van der Waals surface area contributed by atoms with Crippen LogP contribution in [0.1, 0.15) is 0 Å². The lowest BCUT2D eigenvalue weighted by Crippen LogP contribution is -1.85. The number of ether oxygens (including phenoxy) is 1. The smallest absolute Gasteiger partial charge is 0.163 e. The highest BCUT2D eigenvalue weighted by atomic mass is 16.5. The molecule has 0 spiro atoms. The van der Waals surface area contributed by atoms with E-state index in [-0.39, 0.29) is 5.75 Å². The molecule has 0 aliphatic heterocycles. The van der Waals surface area contributed by atoms with Crippen LogP contribution in [-0.4, -0.2) is 15.1 Å². The highest BCUT2D eigenvalue weighted by molar-refractivity contribution is 5.34. The zero-order valence-corrected chi connectivity index (χ0v) is 7.29. The lowest BCUT2D eigenvalue weighted by molar-refractivity contribution is 0.453. The fourth-order valence-electron chi connectivity index (χ4n) is 1.02. The third-order valence-electron chi connectivity index (χ3n) is 1.59. The van der Waals surface area contributed by atoms with E-state index in [1.54, 1.807) is 30.6 Å². The van der Waals surface area contributed by atoms with Crippen LogP contribution in [-0.2, 0) is 0 Å². The summed E-state index contributed by atoms with van der Waals surface area (Å²) in [5.74, 6) is 1.26. The second-order valence-electron chi connectivity index (χ2n) is 2.67. The number of benzene rings is 1. The quantitative estimate of drug-likeness (QED) is 0.782. The van der Waals surface area contributed by atoms with Crippen molar-refractivity contribution in [3.05, 3.63) is 43.0 Å². The maximum atomic E-state index is 9.18. The SMILES string of the molecule is Oc1cccc(Oc2cncnc2)c1. The zero-order valence-electron chi connectivity index (χ0n) is 7.29. The van der Waals surface area contributed by atoms with Gasteiger partial charge in [-0.1, -0.05) is 6.07 Å². The van der Waals surface area contributed by atoms with Crippen LogP contribution in [0, 0.1) is 0 Å². The van der Waals surface area contributed by atoms with Crippen molar-refractivity contribution < 1.29 is 9.84 Å². The first kappa shape index (κ1) is 8.50. The largest absolute Gasteiger partial charge is 0.508 e. The van der Waals surface area contributed by atoms with Crippen molar-refractivity contribution in [1.29, 1.82) is 0 Å². The summed E-state index contributed by atoms with van der Waals surface area (Å²) < 4.78 is 5.37. The maximum absolute atomic E-state index is 9.18. The van der Waals surface area contributed by atoms with Crippen LogP contribution in [0.5, 0.6) is 17.2 Å². The van der Waals surface area contributed by atoms with E-state index in [2.05, 4.69) is 9.97 Å². The standard InChI is InChI=1S/C10H8N2O2/c13-8-2-1-3-9(4-8)14-10-5-11-7-12-6-10/h1-7,13H. The molecular weight excluding hydrogens is 180 g/mol. The molecule has 0 fully saturated rings. The summed E-state index contributed by atoms with van der Waals surface area (Å²) in [6.07, 6.45) is 4.53. The number of aromatic nitrogens is 2. The molecule has 0 unspecified atom stereocenters. The number of aromatic hydroxyl groups is 1.